The number of carbonyl (C=O) groups is 2. The molecule has 0 bridgehead atoms. The van der Waals surface area contributed by atoms with E-state index in [2.05, 4.69) is 74.6 Å². The molecule has 0 aliphatic carbocycles. The van der Waals surface area contributed by atoms with Gasteiger partial charge in [0.25, 0.3) is 10.1 Å². The number of ether oxygens (including phenoxy) is 4. The summed E-state index contributed by atoms with van der Waals surface area (Å²) in [6.07, 6.45) is 46.7. The van der Waals surface area contributed by atoms with E-state index in [1.807, 2.05) is 12.2 Å². The zero-order valence-corrected chi connectivity index (χ0v) is 42.3. The van der Waals surface area contributed by atoms with Crippen LogP contribution in [-0.4, -0.2) is 96.0 Å². The Morgan fingerprint density at radius 2 is 0.940 bits per heavy atom. The highest BCUT2D eigenvalue weighted by Crippen LogP contribution is 2.24. The second kappa shape index (κ2) is 43.1. The summed E-state index contributed by atoms with van der Waals surface area (Å²) in [5.41, 5.74) is 0. The molecule has 0 radical (unpaired) electrons. The van der Waals surface area contributed by atoms with Crippen LogP contribution in [0.1, 0.15) is 200 Å². The van der Waals surface area contributed by atoms with E-state index in [-0.39, 0.29) is 19.4 Å². The average molecular weight is 965 g/mol. The van der Waals surface area contributed by atoms with Crippen LogP contribution < -0.4 is 0 Å². The second-order valence-corrected chi connectivity index (χ2v) is 19.3. The van der Waals surface area contributed by atoms with Gasteiger partial charge in [0.05, 0.1) is 6.61 Å². The maximum atomic E-state index is 12.8. The molecule has 4 N–H and O–H groups in total. The van der Waals surface area contributed by atoms with Crippen molar-refractivity contribution < 1.29 is 56.8 Å². The van der Waals surface area contributed by atoms with Gasteiger partial charge in [-0.15, -0.1) is 0 Å². The zero-order valence-electron chi connectivity index (χ0n) is 41.5. The van der Waals surface area contributed by atoms with E-state index in [1.54, 1.807) is 0 Å². The summed E-state index contributed by atoms with van der Waals surface area (Å²) in [5, 5.41) is 31.0. The van der Waals surface area contributed by atoms with Crippen LogP contribution in [-0.2, 0) is 38.7 Å². The van der Waals surface area contributed by atoms with Crippen LogP contribution in [0.4, 0.5) is 0 Å². The molecule has 6 atom stereocenters. The number of rotatable bonds is 43. The summed E-state index contributed by atoms with van der Waals surface area (Å²) >= 11 is 0. The lowest BCUT2D eigenvalue weighted by Crippen LogP contribution is -2.60. The molecule has 1 aliphatic heterocycles. The fourth-order valence-electron chi connectivity index (χ4n) is 7.59. The van der Waals surface area contributed by atoms with Crippen LogP contribution in [0.3, 0.4) is 0 Å². The molecule has 386 valence electrons. The van der Waals surface area contributed by atoms with Crippen LogP contribution in [0, 0.1) is 0 Å². The van der Waals surface area contributed by atoms with E-state index in [1.165, 1.54) is 103 Å². The number of hydrogen-bond donors (Lipinski definition) is 4. The Balaban J connectivity index is 2.42. The zero-order chi connectivity index (χ0) is 49.1. The normalized spacial score (nSPS) is 19.9. The van der Waals surface area contributed by atoms with E-state index in [9.17, 15) is 37.9 Å². The Bertz CT molecular complexity index is 1500. The maximum Gasteiger partial charge on any atom is 0.306 e. The molecular formula is C54H92O12S. The number of aliphatic hydroxyl groups is 3. The topological polar surface area (TPSA) is 186 Å². The summed E-state index contributed by atoms with van der Waals surface area (Å²) in [6, 6.07) is 0. The fourth-order valence-corrected chi connectivity index (χ4v) is 8.28. The molecule has 1 fully saturated rings. The SMILES string of the molecule is CC/C=C\C/C=C\C/C=C\C/C=C\C/C=C\C/C=C\CCC(=O)OC(COC(=O)CCCCCCCCCCCCCCCCCCCCCC)COC1OC(CS(=O)(=O)O)C(O)C(O)C1O. The van der Waals surface area contributed by atoms with Crippen molar-refractivity contribution in [2.45, 2.75) is 237 Å². The minimum absolute atomic E-state index is 0.0376. The van der Waals surface area contributed by atoms with Gasteiger partial charge < -0.3 is 34.3 Å². The fraction of sp³-hybridized carbons (Fsp3) is 0.741. The predicted molar refractivity (Wildman–Crippen MR) is 270 cm³/mol. The number of aliphatic hydroxyl groups excluding tert-OH is 3. The minimum Gasteiger partial charge on any atom is -0.462 e. The molecule has 0 spiro atoms. The average Bonchev–Trinajstić information content (AvgIpc) is 3.30. The molecule has 1 rings (SSSR count). The van der Waals surface area contributed by atoms with Crippen molar-refractivity contribution in [2.75, 3.05) is 19.0 Å². The molecule has 0 aromatic carbocycles. The summed E-state index contributed by atoms with van der Waals surface area (Å²) < 4.78 is 54.2. The van der Waals surface area contributed by atoms with Gasteiger partial charge in [-0.1, -0.05) is 209 Å². The van der Waals surface area contributed by atoms with Crippen molar-refractivity contribution in [1.82, 2.24) is 0 Å². The summed E-state index contributed by atoms with van der Waals surface area (Å²) in [7, 11) is -4.62. The van der Waals surface area contributed by atoms with Crippen LogP contribution in [0.25, 0.3) is 0 Å². The Morgan fingerprint density at radius 1 is 0.522 bits per heavy atom. The highest BCUT2D eigenvalue weighted by molar-refractivity contribution is 7.85. The molecule has 0 amide bonds. The van der Waals surface area contributed by atoms with Crippen LogP contribution >= 0.6 is 0 Å². The summed E-state index contributed by atoms with van der Waals surface area (Å²) in [5.74, 6) is -2.09. The summed E-state index contributed by atoms with van der Waals surface area (Å²) in [4.78, 5) is 25.5. The lowest BCUT2D eigenvalue weighted by atomic mass is 10.00. The van der Waals surface area contributed by atoms with Crippen molar-refractivity contribution in [3.05, 3.63) is 72.9 Å². The maximum absolute atomic E-state index is 12.8. The molecule has 12 nitrogen and oxygen atoms in total. The van der Waals surface area contributed by atoms with Gasteiger partial charge in [-0.2, -0.15) is 8.42 Å². The van der Waals surface area contributed by atoms with Crippen molar-refractivity contribution in [2.24, 2.45) is 0 Å². The van der Waals surface area contributed by atoms with Gasteiger partial charge in [-0.25, -0.2) is 0 Å². The van der Waals surface area contributed by atoms with Crippen molar-refractivity contribution >= 4 is 22.1 Å². The van der Waals surface area contributed by atoms with Crippen LogP contribution in [0.5, 0.6) is 0 Å². The first-order valence-corrected chi connectivity index (χ1v) is 27.6. The van der Waals surface area contributed by atoms with E-state index in [4.69, 9.17) is 18.9 Å². The highest BCUT2D eigenvalue weighted by Gasteiger charge is 2.46. The van der Waals surface area contributed by atoms with Gasteiger partial charge in [0.2, 0.25) is 0 Å². The second-order valence-electron chi connectivity index (χ2n) is 17.8. The van der Waals surface area contributed by atoms with Gasteiger partial charge in [0, 0.05) is 12.8 Å². The lowest BCUT2D eigenvalue weighted by molar-refractivity contribution is -0.297. The number of esters is 2. The number of allylic oxidation sites excluding steroid dienone is 12. The molecule has 67 heavy (non-hydrogen) atoms. The van der Waals surface area contributed by atoms with Crippen molar-refractivity contribution in [1.29, 1.82) is 0 Å². The standard InChI is InChI=1S/C54H92O12S/c1-3-5-7-9-11-13-15-17-19-21-23-25-26-28-30-32-34-36-38-40-42-49(55)63-44-47(45-64-54-53(59)52(58)51(57)48(66-54)46-67(60,61)62)65-50(56)43-41-39-37-35-33-31-29-27-24-22-20-18-16-14-12-10-8-6-4-2/h6,8,12,14,18,20,24,27,31,33,37,39,47-48,51-54,57-59H,3-5,7,9-11,13,15-17,19,21-23,25-26,28-30,32,34-36,38,40-46H2,1-2H3,(H,60,61,62)/b8-6-,14-12-,20-18-,27-24-,33-31-,39-37-. The van der Waals surface area contributed by atoms with E-state index in [0.29, 0.717) is 19.3 Å². The molecule has 13 heteroatoms. The quantitative estimate of drug-likeness (QED) is 0.0196. The Labute approximate surface area is 406 Å². The smallest absolute Gasteiger partial charge is 0.306 e. The van der Waals surface area contributed by atoms with Gasteiger partial charge >= 0.3 is 11.9 Å². The monoisotopic (exact) mass is 965 g/mol. The highest BCUT2D eigenvalue weighted by atomic mass is 32.2. The van der Waals surface area contributed by atoms with E-state index >= 15 is 0 Å². The van der Waals surface area contributed by atoms with Crippen molar-refractivity contribution in [3.63, 3.8) is 0 Å². The number of hydrogen-bond acceptors (Lipinski definition) is 11. The molecule has 1 saturated heterocycles. The van der Waals surface area contributed by atoms with E-state index < -0.39 is 71.2 Å². The lowest BCUT2D eigenvalue weighted by Gasteiger charge is -2.40. The first kappa shape index (κ1) is 62.1. The first-order chi connectivity index (χ1) is 32.5. The third kappa shape index (κ3) is 37.6. The molecule has 6 unspecified atom stereocenters. The Hall–Kier alpha value is -2.91. The molecule has 1 aliphatic rings. The number of carbonyl (C=O) groups excluding carboxylic acids is 2. The van der Waals surface area contributed by atoms with Crippen LogP contribution in [0.2, 0.25) is 0 Å². The summed E-state index contributed by atoms with van der Waals surface area (Å²) in [6.45, 7) is 3.61. The third-order valence-corrected chi connectivity index (χ3v) is 12.3. The van der Waals surface area contributed by atoms with E-state index in [0.717, 1.165) is 51.4 Å². The predicted octanol–water partition coefficient (Wildman–Crippen LogP) is 11.8. The largest absolute Gasteiger partial charge is 0.462 e. The number of unbranched alkanes of at least 4 members (excludes halogenated alkanes) is 19. The third-order valence-electron chi connectivity index (χ3n) is 11.6. The Kier molecular flexibility index (Phi) is 40.0. The van der Waals surface area contributed by atoms with Gasteiger partial charge in [-0.05, 0) is 51.4 Å². The van der Waals surface area contributed by atoms with Gasteiger partial charge in [0.15, 0.2) is 12.4 Å². The first-order valence-electron chi connectivity index (χ1n) is 26.0. The van der Waals surface area contributed by atoms with Gasteiger partial charge in [0.1, 0.15) is 36.8 Å². The molecular weight excluding hydrogens is 873 g/mol. The van der Waals surface area contributed by atoms with Crippen LogP contribution in [0.15, 0.2) is 72.9 Å². The van der Waals surface area contributed by atoms with Gasteiger partial charge in [-0.3, -0.25) is 14.1 Å². The minimum atomic E-state index is -4.62. The Morgan fingerprint density at radius 3 is 1.37 bits per heavy atom. The van der Waals surface area contributed by atoms with Crippen molar-refractivity contribution in [3.8, 4) is 0 Å². The molecule has 0 aromatic rings. The molecule has 1 heterocycles. The molecule has 0 saturated carbocycles. The molecule has 0 aromatic heterocycles.